The maximum Gasteiger partial charge on any atom is 0.243 e. The number of hydrogen-bond acceptors (Lipinski definition) is 9. The second-order valence-electron chi connectivity index (χ2n) is 9.44. The number of aromatic nitrogens is 2. The number of piperidine rings is 1. The molecule has 2 aliphatic heterocycles. The third kappa shape index (κ3) is 6.26. The lowest BCUT2D eigenvalue weighted by Gasteiger charge is -2.47. The van der Waals surface area contributed by atoms with Gasteiger partial charge < -0.3 is 15.4 Å². The number of nitrogen functional groups attached to an aromatic ring is 1. The number of piperazine rings is 1. The Bertz CT molecular complexity index is 1090. The molecule has 2 aliphatic rings. The van der Waals surface area contributed by atoms with Gasteiger partial charge in [0.05, 0.1) is 0 Å². The van der Waals surface area contributed by atoms with Crippen LogP contribution in [0.5, 0.6) is 0 Å². The summed E-state index contributed by atoms with van der Waals surface area (Å²) < 4.78 is 5.02. The Balaban J connectivity index is 1.36. The molecule has 0 bridgehead atoms. The zero-order valence-corrected chi connectivity index (χ0v) is 22.3. The van der Waals surface area contributed by atoms with Crippen molar-refractivity contribution in [2.24, 2.45) is 0 Å². The van der Waals surface area contributed by atoms with Crippen LogP contribution in [0, 0.1) is 10.8 Å². The number of rotatable bonds is 6. The van der Waals surface area contributed by atoms with Crippen molar-refractivity contribution >= 4 is 46.6 Å². The van der Waals surface area contributed by atoms with Crippen molar-refractivity contribution in [1.29, 1.82) is 10.8 Å². The Morgan fingerprint density at radius 3 is 2.42 bits per heavy atom. The van der Waals surface area contributed by atoms with Crippen molar-refractivity contribution in [3.8, 4) is 0 Å². The molecule has 2 saturated heterocycles. The smallest absolute Gasteiger partial charge is 0.243 e. The first-order valence-corrected chi connectivity index (χ1v) is 13.1. The van der Waals surface area contributed by atoms with E-state index in [1.54, 1.807) is 0 Å². The Kier molecular flexibility index (Phi) is 8.66. The number of anilines is 2. The predicted octanol–water partition coefficient (Wildman–Crippen LogP) is 4.27. The summed E-state index contributed by atoms with van der Waals surface area (Å²) in [7, 11) is 0. The van der Waals surface area contributed by atoms with Crippen molar-refractivity contribution in [3.05, 3.63) is 45.7 Å². The first kappa shape index (κ1) is 26.6. The van der Waals surface area contributed by atoms with E-state index in [1.807, 2.05) is 12.1 Å². The molecule has 0 saturated carbocycles. The SMILES string of the molecule is CC[C@H]1CN(c2nc(N)c(C(=N)OC(C)=N)nc2Cl)CCN1C1CCN(Cc2ccc(Cl)cc2)CC1. The van der Waals surface area contributed by atoms with Gasteiger partial charge >= 0.3 is 0 Å². The largest absolute Gasteiger partial charge is 0.424 e. The lowest BCUT2D eigenvalue weighted by Crippen LogP contribution is -2.58. The van der Waals surface area contributed by atoms with Gasteiger partial charge in [-0.3, -0.25) is 20.6 Å². The molecule has 1 aromatic carbocycles. The molecule has 36 heavy (non-hydrogen) atoms. The average Bonchev–Trinajstić information content (AvgIpc) is 2.86. The third-order valence-corrected chi connectivity index (χ3v) is 7.48. The summed E-state index contributed by atoms with van der Waals surface area (Å²) in [5.41, 5.74) is 7.44. The fourth-order valence-electron chi connectivity index (χ4n) is 5.15. The molecule has 9 nitrogen and oxygen atoms in total. The van der Waals surface area contributed by atoms with Crippen molar-refractivity contribution in [1.82, 2.24) is 19.8 Å². The predicted molar refractivity (Wildman–Crippen MR) is 146 cm³/mol. The first-order chi connectivity index (χ1) is 17.2. The van der Waals surface area contributed by atoms with Crippen LogP contribution in [0.1, 0.15) is 44.4 Å². The standard InChI is InChI=1S/C25H34Cl2N8O/c1-3-19-15-34(25-22(27)31-21(23(29)32-25)24(30)36-16(2)28)12-13-35(19)20-8-10-33(11-9-20)14-17-4-6-18(26)7-5-17/h4-7,19-20,28,30H,3,8-15H2,1-2H3,(H2,29,32)/t19-/m0/s1. The van der Waals surface area contributed by atoms with E-state index in [2.05, 4.69) is 43.7 Å². The minimum atomic E-state index is -0.334. The number of nitrogens with zero attached hydrogens (tertiary/aromatic N) is 5. The maximum atomic E-state index is 7.97. The molecule has 1 atom stereocenters. The van der Waals surface area contributed by atoms with Crippen molar-refractivity contribution in [3.63, 3.8) is 0 Å². The monoisotopic (exact) mass is 532 g/mol. The van der Waals surface area contributed by atoms with Gasteiger partial charge in [-0.2, -0.15) is 0 Å². The molecular formula is C25H34Cl2N8O. The van der Waals surface area contributed by atoms with Crippen LogP contribution in [0.2, 0.25) is 10.2 Å². The lowest BCUT2D eigenvalue weighted by atomic mass is 9.98. The summed E-state index contributed by atoms with van der Waals surface area (Å²) >= 11 is 12.5. The van der Waals surface area contributed by atoms with Crippen LogP contribution in [-0.2, 0) is 11.3 Å². The third-order valence-electron chi connectivity index (χ3n) is 6.98. The molecule has 194 valence electrons. The highest BCUT2D eigenvalue weighted by Gasteiger charge is 2.34. The van der Waals surface area contributed by atoms with Gasteiger partial charge in [-0.15, -0.1) is 0 Å². The number of benzene rings is 1. The van der Waals surface area contributed by atoms with Crippen LogP contribution < -0.4 is 10.6 Å². The van der Waals surface area contributed by atoms with Crippen LogP contribution in [0.25, 0.3) is 0 Å². The highest BCUT2D eigenvalue weighted by Crippen LogP contribution is 2.30. The van der Waals surface area contributed by atoms with Crippen LogP contribution in [-0.4, -0.2) is 76.4 Å². The number of halogens is 2. The molecule has 4 N–H and O–H groups in total. The fourth-order valence-corrected chi connectivity index (χ4v) is 5.52. The summed E-state index contributed by atoms with van der Waals surface area (Å²) in [5.74, 6) is 0.149. The normalized spacial score (nSPS) is 19.9. The Labute approximate surface area is 222 Å². The van der Waals surface area contributed by atoms with Gasteiger partial charge in [0.25, 0.3) is 0 Å². The molecule has 0 unspecified atom stereocenters. The van der Waals surface area contributed by atoms with Crippen molar-refractivity contribution in [2.75, 3.05) is 43.4 Å². The van der Waals surface area contributed by atoms with Crippen molar-refractivity contribution in [2.45, 2.75) is 51.7 Å². The number of ether oxygens (including phenoxy) is 1. The summed E-state index contributed by atoms with van der Waals surface area (Å²) in [6.07, 6.45) is 3.33. The molecule has 3 heterocycles. The summed E-state index contributed by atoms with van der Waals surface area (Å²) in [4.78, 5) is 16.1. The van der Waals surface area contributed by atoms with E-state index in [0.29, 0.717) is 17.9 Å². The van der Waals surface area contributed by atoms with E-state index in [9.17, 15) is 0 Å². The Hall–Kier alpha value is -2.46. The first-order valence-electron chi connectivity index (χ1n) is 12.4. The summed E-state index contributed by atoms with van der Waals surface area (Å²) in [6, 6.07) is 9.09. The van der Waals surface area contributed by atoms with Crippen LogP contribution in [0.4, 0.5) is 11.6 Å². The number of nitrogens with two attached hydrogens (primary N) is 1. The fraction of sp³-hybridized carbons (Fsp3) is 0.520. The Morgan fingerprint density at radius 1 is 1.08 bits per heavy atom. The summed E-state index contributed by atoms with van der Waals surface area (Å²) in [6.45, 7) is 9.29. The van der Waals surface area contributed by atoms with Gasteiger partial charge in [-0.25, -0.2) is 9.97 Å². The highest BCUT2D eigenvalue weighted by molar-refractivity contribution is 6.32. The molecule has 0 radical (unpaired) electrons. The van der Waals surface area contributed by atoms with E-state index in [1.165, 1.54) is 12.5 Å². The second-order valence-corrected chi connectivity index (χ2v) is 10.2. The van der Waals surface area contributed by atoms with E-state index in [0.717, 1.165) is 63.6 Å². The van der Waals surface area contributed by atoms with E-state index in [4.69, 9.17) is 44.5 Å². The van der Waals surface area contributed by atoms with Gasteiger partial charge in [-0.05, 0) is 50.0 Å². The number of nitrogens with one attached hydrogen (secondary N) is 2. The molecule has 11 heteroatoms. The van der Waals surface area contributed by atoms with Gasteiger partial charge in [-0.1, -0.05) is 42.3 Å². The molecule has 0 amide bonds. The lowest BCUT2D eigenvalue weighted by molar-refractivity contribution is 0.0610. The quantitative estimate of drug-likeness (QED) is 0.375. The Morgan fingerprint density at radius 2 is 1.78 bits per heavy atom. The minimum absolute atomic E-state index is 0.0476. The number of likely N-dealkylation sites (tertiary alicyclic amines) is 1. The van der Waals surface area contributed by atoms with Crippen LogP contribution in [0.15, 0.2) is 24.3 Å². The second kappa shape index (κ2) is 11.7. The molecular weight excluding hydrogens is 499 g/mol. The molecule has 2 aromatic rings. The van der Waals surface area contributed by atoms with Gasteiger partial charge in [0, 0.05) is 50.2 Å². The van der Waals surface area contributed by atoms with E-state index < -0.39 is 0 Å². The van der Waals surface area contributed by atoms with Gasteiger partial charge in [0.1, 0.15) is 0 Å². The number of hydrogen-bond donors (Lipinski definition) is 3. The van der Waals surface area contributed by atoms with Crippen molar-refractivity contribution < 1.29 is 4.74 Å². The van der Waals surface area contributed by atoms with Gasteiger partial charge in [0.15, 0.2) is 28.4 Å². The molecule has 1 aromatic heterocycles. The maximum absolute atomic E-state index is 7.97. The highest BCUT2D eigenvalue weighted by atomic mass is 35.5. The molecule has 4 rings (SSSR count). The molecule has 0 spiro atoms. The zero-order valence-electron chi connectivity index (χ0n) is 20.8. The molecule has 2 fully saturated rings. The van der Waals surface area contributed by atoms with E-state index >= 15 is 0 Å². The summed E-state index contributed by atoms with van der Waals surface area (Å²) in [5, 5.41) is 16.3. The molecule has 0 aliphatic carbocycles. The minimum Gasteiger partial charge on any atom is -0.424 e. The topological polar surface area (TPSA) is 118 Å². The van der Waals surface area contributed by atoms with Gasteiger partial charge in [0.2, 0.25) is 5.90 Å². The zero-order chi connectivity index (χ0) is 25.8. The van der Waals surface area contributed by atoms with Crippen LogP contribution in [0.3, 0.4) is 0 Å². The average molecular weight is 534 g/mol. The van der Waals surface area contributed by atoms with Crippen LogP contribution >= 0.6 is 23.2 Å². The van der Waals surface area contributed by atoms with E-state index in [-0.39, 0.29) is 28.5 Å².